The highest BCUT2D eigenvalue weighted by molar-refractivity contribution is 5.86. The number of hydrogen-bond donors (Lipinski definition) is 0. The van der Waals surface area contributed by atoms with Gasteiger partial charge in [0.2, 0.25) is 5.69 Å². The number of rotatable bonds is 3. The number of ether oxygens (including phenoxy) is 1. The number of carbonyl (C=O) groups excluding carboxylic acids is 1. The van der Waals surface area contributed by atoms with Gasteiger partial charge in [-0.05, 0) is 19.1 Å². The molecule has 21 heavy (non-hydrogen) atoms. The highest BCUT2D eigenvalue weighted by Crippen LogP contribution is 2.08. The fourth-order valence-corrected chi connectivity index (χ4v) is 1.84. The summed E-state index contributed by atoms with van der Waals surface area (Å²) >= 11 is 0. The van der Waals surface area contributed by atoms with Crippen LogP contribution in [-0.2, 0) is 4.74 Å². The maximum atomic E-state index is 11.9. The predicted molar refractivity (Wildman–Crippen MR) is 72.3 cm³/mol. The van der Waals surface area contributed by atoms with E-state index in [1.807, 2.05) is 30.3 Å². The van der Waals surface area contributed by atoms with Gasteiger partial charge in [0.05, 0.1) is 12.3 Å². The molecule has 106 valence electrons. The molecule has 1 aromatic carbocycles. The van der Waals surface area contributed by atoms with Crippen molar-refractivity contribution in [3.63, 3.8) is 0 Å². The zero-order valence-corrected chi connectivity index (χ0v) is 11.1. The van der Waals surface area contributed by atoms with Crippen LogP contribution in [0.3, 0.4) is 0 Å². The average Bonchev–Trinajstić information content (AvgIpc) is 2.90. The molecule has 2 heterocycles. The van der Waals surface area contributed by atoms with E-state index < -0.39 is 11.5 Å². The standard InChI is InChI=1S/C13H11N5O3/c1-2-21-12(20)10-11(19)15-13-17(16-10)8-14-18(13)9-6-4-3-5-7-9/h3-8H,2H2,1H3. The van der Waals surface area contributed by atoms with Gasteiger partial charge in [0, 0.05) is 0 Å². The summed E-state index contributed by atoms with van der Waals surface area (Å²) in [6, 6.07) is 9.18. The Labute approximate surface area is 118 Å². The summed E-state index contributed by atoms with van der Waals surface area (Å²) in [7, 11) is 0. The van der Waals surface area contributed by atoms with Gasteiger partial charge < -0.3 is 4.74 Å². The Hall–Kier alpha value is -3.03. The number of benzene rings is 1. The van der Waals surface area contributed by atoms with E-state index in [1.54, 1.807) is 6.92 Å². The second-order valence-corrected chi connectivity index (χ2v) is 4.11. The van der Waals surface area contributed by atoms with Crippen LogP contribution in [0.2, 0.25) is 0 Å². The number of para-hydroxylation sites is 1. The molecule has 0 aliphatic rings. The van der Waals surface area contributed by atoms with E-state index in [9.17, 15) is 9.59 Å². The van der Waals surface area contributed by atoms with Crippen LogP contribution in [0.15, 0.2) is 41.5 Å². The molecule has 0 aliphatic heterocycles. The molecule has 0 unspecified atom stereocenters. The summed E-state index contributed by atoms with van der Waals surface area (Å²) in [6.45, 7) is 1.81. The van der Waals surface area contributed by atoms with E-state index in [0.29, 0.717) is 0 Å². The fraction of sp³-hybridized carbons (Fsp3) is 0.154. The minimum absolute atomic E-state index is 0.159. The minimum Gasteiger partial charge on any atom is -0.461 e. The van der Waals surface area contributed by atoms with Gasteiger partial charge in [-0.2, -0.15) is 24.4 Å². The van der Waals surface area contributed by atoms with Gasteiger partial charge in [-0.25, -0.2) is 4.79 Å². The Morgan fingerprint density at radius 1 is 1.29 bits per heavy atom. The fourth-order valence-electron chi connectivity index (χ4n) is 1.84. The van der Waals surface area contributed by atoms with E-state index in [1.165, 1.54) is 15.5 Å². The molecule has 0 amide bonds. The van der Waals surface area contributed by atoms with Gasteiger partial charge in [0.25, 0.3) is 5.78 Å². The van der Waals surface area contributed by atoms with Crippen LogP contribution < -0.4 is 5.56 Å². The molecule has 0 saturated heterocycles. The maximum absolute atomic E-state index is 11.9. The Morgan fingerprint density at radius 2 is 2.05 bits per heavy atom. The number of esters is 1. The first-order valence-electron chi connectivity index (χ1n) is 6.28. The third-order valence-corrected chi connectivity index (χ3v) is 2.75. The third kappa shape index (κ3) is 2.27. The SMILES string of the molecule is CCOC(=O)c1nn2cnn(-c3ccccc3)c2nc1=O. The monoisotopic (exact) mass is 285 g/mol. The van der Waals surface area contributed by atoms with E-state index in [2.05, 4.69) is 15.2 Å². The van der Waals surface area contributed by atoms with Gasteiger partial charge in [0.1, 0.15) is 6.33 Å². The number of nitrogens with zero attached hydrogens (tertiary/aromatic N) is 5. The molecule has 3 rings (SSSR count). The highest BCUT2D eigenvalue weighted by Gasteiger charge is 2.18. The molecule has 8 nitrogen and oxygen atoms in total. The van der Waals surface area contributed by atoms with Crippen molar-refractivity contribution in [3.8, 4) is 5.69 Å². The van der Waals surface area contributed by atoms with Crippen LogP contribution >= 0.6 is 0 Å². The number of carbonyl (C=O) groups is 1. The molecule has 0 radical (unpaired) electrons. The van der Waals surface area contributed by atoms with Crippen LogP contribution in [0.5, 0.6) is 0 Å². The van der Waals surface area contributed by atoms with Crippen molar-refractivity contribution in [2.75, 3.05) is 6.61 Å². The molecule has 0 aliphatic carbocycles. The van der Waals surface area contributed by atoms with Gasteiger partial charge >= 0.3 is 11.5 Å². The first-order valence-corrected chi connectivity index (χ1v) is 6.28. The lowest BCUT2D eigenvalue weighted by Gasteiger charge is -2.02. The van der Waals surface area contributed by atoms with Crippen LogP contribution in [0.4, 0.5) is 0 Å². The lowest BCUT2D eigenvalue weighted by atomic mass is 10.3. The van der Waals surface area contributed by atoms with Crippen molar-refractivity contribution in [1.29, 1.82) is 0 Å². The second kappa shape index (κ2) is 5.16. The molecule has 0 saturated carbocycles. The largest absolute Gasteiger partial charge is 0.461 e. The molecule has 0 fully saturated rings. The lowest BCUT2D eigenvalue weighted by Crippen LogP contribution is -2.24. The molecular formula is C13H11N5O3. The Balaban J connectivity index is 2.15. The normalized spacial score (nSPS) is 10.7. The van der Waals surface area contributed by atoms with E-state index >= 15 is 0 Å². The summed E-state index contributed by atoms with van der Waals surface area (Å²) in [5.41, 5.74) is -0.370. The van der Waals surface area contributed by atoms with Crippen molar-refractivity contribution in [1.82, 2.24) is 24.4 Å². The Morgan fingerprint density at radius 3 is 2.76 bits per heavy atom. The summed E-state index contributed by atoms with van der Waals surface area (Å²) < 4.78 is 7.49. The van der Waals surface area contributed by atoms with Gasteiger partial charge in [0.15, 0.2) is 0 Å². The van der Waals surface area contributed by atoms with Crippen molar-refractivity contribution in [2.45, 2.75) is 6.92 Å². The minimum atomic E-state index is -0.795. The van der Waals surface area contributed by atoms with E-state index in [-0.39, 0.29) is 18.1 Å². The zero-order valence-electron chi connectivity index (χ0n) is 11.1. The summed E-state index contributed by atoms with van der Waals surface area (Å²) in [6.07, 6.45) is 1.37. The Kier molecular flexibility index (Phi) is 3.19. The first-order chi connectivity index (χ1) is 10.2. The molecule has 0 N–H and O–H groups in total. The molecule has 0 bridgehead atoms. The molecule has 2 aromatic heterocycles. The molecule has 8 heteroatoms. The van der Waals surface area contributed by atoms with Gasteiger partial charge in [-0.1, -0.05) is 18.2 Å². The summed E-state index contributed by atoms with van der Waals surface area (Å²) in [5, 5.41) is 8.04. The first kappa shape index (κ1) is 13.0. The quantitative estimate of drug-likeness (QED) is 0.649. The number of aromatic nitrogens is 5. The van der Waals surface area contributed by atoms with Gasteiger partial charge in [-0.3, -0.25) is 4.79 Å². The molecule has 0 spiro atoms. The molecular weight excluding hydrogens is 274 g/mol. The molecule has 0 atom stereocenters. The van der Waals surface area contributed by atoms with E-state index in [4.69, 9.17) is 4.74 Å². The van der Waals surface area contributed by atoms with Gasteiger partial charge in [-0.15, -0.1) is 0 Å². The summed E-state index contributed by atoms with van der Waals surface area (Å²) in [4.78, 5) is 27.4. The maximum Gasteiger partial charge on any atom is 0.364 e. The topological polar surface area (TPSA) is 91.4 Å². The number of fused-ring (bicyclic) bond motifs is 1. The van der Waals surface area contributed by atoms with Crippen molar-refractivity contribution >= 4 is 11.7 Å². The lowest BCUT2D eigenvalue weighted by molar-refractivity contribution is 0.0515. The van der Waals surface area contributed by atoms with Crippen molar-refractivity contribution < 1.29 is 9.53 Å². The molecule has 3 aromatic rings. The predicted octanol–water partition coefficient (Wildman–Crippen LogP) is 0.452. The van der Waals surface area contributed by atoms with Crippen LogP contribution in [0.25, 0.3) is 11.5 Å². The number of hydrogen-bond acceptors (Lipinski definition) is 6. The third-order valence-electron chi connectivity index (χ3n) is 2.75. The zero-order chi connectivity index (χ0) is 14.8. The smallest absolute Gasteiger partial charge is 0.364 e. The average molecular weight is 285 g/mol. The highest BCUT2D eigenvalue weighted by atomic mass is 16.5. The summed E-state index contributed by atoms with van der Waals surface area (Å²) in [5.74, 6) is -0.573. The van der Waals surface area contributed by atoms with Crippen LogP contribution in [0, 0.1) is 0 Å². The van der Waals surface area contributed by atoms with E-state index in [0.717, 1.165) is 5.69 Å². The van der Waals surface area contributed by atoms with Crippen LogP contribution in [-0.4, -0.2) is 37.0 Å². The second-order valence-electron chi connectivity index (χ2n) is 4.11. The van der Waals surface area contributed by atoms with Crippen LogP contribution in [0.1, 0.15) is 17.4 Å². The Bertz CT molecular complexity index is 853. The van der Waals surface area contributed by atoms with Crippen molar-refractivity contribution in [3.05, 3.63) is 52.7 Å². The van der Waals surface area contributed by atoms with Crippen molar-refractivity contribution in [2.24, 2.45) is 0 Å².